The quantitative estimate of drug-likeness (QED) is 0.706. The summed E-state index contributed by atoms with van der Waals surface area (Å²) in [5, 5.41) is 1.79. The monoisotopic (exact) mass is 283 g/mol. The van der Waals surface area contributed by atoms with Gasteiger partial charge in [0.1, 0.15) is 0 Å². The summed E-state index contributed by atoms with van der Waals surface area (Å²) >= 11 is 6.02. The number of benzene rings is 2. The summed E-state index contributed by atoms with van der Waals surface area (Å²) in [6, 6.07) is 17.5. The van der Waals surface area contributed by atoms with E-state index in [1.165, 1.54) is 0 Å². The zero-order valence-corrected chi connectivity index (χ0v) is 11.7. The first kappa shape index (κ1) is 12.9. The van der Waals surface area contributed by atoms with Crippen LogP contribution in [-0.2, 0) is 17.8 Å². The lowest BCUT2D eigenvalue weighted by Gasteiger charge is -2.05. The number of nitrogens with zero attached hydrogens (tertiary/aromatic N) is 1. The van der Waals surface area contributed by atoms with Crippen LogP contribution in [0.25, 0.3) is 10.9 Å². The highest BCUT2D eigenvalue weighted by Gasteiger charge is 2.07. The van der Waals surface area contributed by atoms with E-state index in [9.17, 15) is 4.79 Å². The molecule has 0 aliphatic rings. The van der Waals surface area contributed by atoms with E-state index in [4.69, 9.17) is 11.6 Å². The van der Waals surface area contributed by atoms with Crippen LogP contribution in [0, 0.1) is 0 Å². The number of carbonyl (C=O) groups is 1. The minimum Gasteiger partial charge on any atom is -0.340 e. The lowest BCUT2D eigenvalue weighted by molar-refractivity contribution is -0.118. The highest BCUT2D eigenvalue weighted by atomic mass is 35.5. The molecule has 20 heavy (non-hydrogen) atoms. The van der Waals surface area contributed by atoms with Crippen LogP contribution in [0.1, 0.15) is 5.56 Å². The minimum absolute atomic E-state index is 0.189. The van der Waals surface area contributed by atoms with Crippen molar-refractivity contribution < 1.29 is 4.79 Å². The Hall–Kier alpha value is -2.06. The number of aromatic nitrogens is 1. The Kier molecular flexibility index (Phi) is 3.57. The summed E-state index contributed by atoms with van der Waals surface area (Å²) in [7, 11) is 0. The molecule has 0 saturated heterocycles. The Bertz CT molecular complexity index is 746. The number of rotatable bonds is 4. The van der Waals surface area contributed by atoms with Crippen molar-refractivity contribution in [1.29, 1.82) is 0 Å². The number of Topliss-reactive ketones (excluding diaryl/α,β-unsaturated/α-hetero) is 1. The Morgan fingerprint density at radius 2 is 1.85 bits per heavy atom. The number of hydrogen-bond acceptors (Lipinski definition) is 1. The number of carbonyl (C=O) groups excluding carboxylic acids is 1. The normalized spacial score (nSPS) is 10.8. The third kappa shape index (κ3) is 2.75. The van der Waals surface area contributed by atoms with Gasteiger partial charge in [-0.05, 0) is 29.1 Å². The molecule has 3 heteroatoms. The molecule has 2 aromatic carbocycles. The van der Waals surface area contributed by atoms with Crippen molar-refractivity contribution in [2.75, 3.05) is 0 Å². The predicted molar refractivity (Wildman–Crippen MR) is 82.1 cm³/mol. The summed E-state index contributed by atoms with van der Waals surface area (Å²) in [4.78, 5) is 12.2. The van der Waals surface area contributed by atoms with E-state index in [0.717, 1.165) is 16.5 Å². The van der Waals surface area contributed by atoms with Crippen molar-refractivity contribution in [1.82, 2.24) is 4.57 Å². The van der Waals surface area contributed by atoms with Crippen LogP contribution in [0.2, 0.25) is 5.02 Å². The van der Waals surface area contributed by atoms with Gasteiger partial charge in [0.05, 0.1) is 6.54 Å². The van der Waals surface area contributed by atoms with Crippen LogP contribution in [0.5, 0.6) is 0 Å². The van der Waals surface area contributed by atoms with Gasteiger partial charge in [0, 0.05) is 23.2 Å². The molecule has 0 amide bonds. The maximum absolute atomic E-state index is 12.2. The molecule has 0 spiro atoms. The molecular weight excluding hydrogens is 270 g/mol. The number of fused-ring (bicyclic) bond motifs is 1. The average Bonchev–Trinajstić information content (AvgIpc) is 2.82. The van der Waals surface area contributed by atoms with Crippen molar-refractivity contribution in [2.24, 2.45) is 0 Å². The van der Waals surface area contributed by atoms with Crippen LogP contribution in [-0.4, -0.2) is 10.4 Å². The van der Waals surface area contributed by atoms with Gasteiger partial charge in [-0.15, -0.1) is 0 Å². The third-order valence-electron chi connectivity index (χ3n) is 3.33. The van der Waals surface area contributed by atoms with Crippen LogP contribution < -0.4 is 0 Å². The van der Waals surface area contributed by atoms with Crippen LogP contribution in [0.15, 0.2) is 60.8 Å². The molecule has 1 heterocycles. The first-order chi connectivity index (χ1) is 9.72. The van der Waals surface area contributed by atoms with Gasteiger partial charge < -0.3 is 4.57 Å². The average molecular weight is 284 g/mol. The largest absolute Gasteiger partial charge is 0.340 e. The zero-order valence-electron chi connectivity index (χ0n) is 10.9. The Labute approximate surface area is 122 Å². The smallest absolute Gasteiger partial charge is 0.156 e. The van der Waals surface area contributed by atoms with Crippen molar-refractivity contribution in [2.45, 2.75) is 13.0 Å². The minimum atomic E-state index is 0.189. The van der Waals surface area contributed by atoms with Gasteiger partial charge >= 0.3 is 0 Å². The molecule has 0 saturated carbocycles. The summed E-state index contributed by atoms with van der Waals surface area (Å²) in [6.45, 7) is 0.374. The van der Waals surface area contributed by atoms with Gasteiger partial charge in [0.15, 0.2) is 5.78 Å². The maximum Gasteiger partial charge on any atom is 0.156 e. The van der Waals surface area contributed by atoms with E-state index in [-0.39, 0.29) is 5.78 Å². The molecular formula is C17H14ClNO. The second-order valence-corrected chi connectivity index (χ2v) is 5.28. The molecule has 2 nitrogen and oxygen atoms in total. The van der Waals surface area contributed by atoms with E-state index in [2.05, 4.69) is 0 Å². The second kappa shape index (κ2) is 5.51. The molecule has 0 unspecified atom stereocenters. The lowest BCUT2D eigenvalue weighted by atomic mass is 10.1. The van der Waals surface area contributed by atoms with Crippen molar-refractivity contribution in [3.8, 4) is 0 Å². The summed E-state index contributed by atoms with van der Waals surface area (Å²) in [5.74, 6) is 0.189. The van der Waals surface area contributed by atoms with Gasteiger partial charge in [-0.25, -0.2) is 0 Å². The highest BCUT2D eigenvalue weighted by Crippen LogP contribution is 2.20. The number of halogens is 1. The van der Waals surface area contributed by atoms with E-state index < -0.39 is 0 Å². The number of hydrogen-bond donors (Lipinski definition) is 0. The first-order valence-corrected chi connectivity index (χ1v) is 6.90. The Morgan fingerprint density at radius 3 is 2.65 bits per heavy atom. The molecule has 100 valence electrons. The fourth-order valence-corrected chi connectivity index (χ4v) is 2.53. The topological polar surface area (TPSA) is 22.0 Å². The van der Waals surface area contributed by atoms with Gasteiger partial charge in [0.2, 0.25) is 0 Å². The predicted octanol–water partition coefficient (Wildman–Crippen LogP) is 4.11. The third-order valence-corrected chi connectivity index (χ3v) is 3.56. The molecule has 0 N–H and O–H groups in total. The zero-order chi connectivity index (χ0) is 13.9. The highest BCUT2D eigenvalue weighted by molar-refractivity contribution is 6.31. The molecule has 0 fully saturated rings. The Morgan fingerprint density at radius 1 is 1.05 bits per heavy atom. The van der Waals surface area contributed by atoms with Crippen LogP contribution in [0.3, 0.4) is 0 Å². The molecule has 3 aromatic rings. The van der Waals surface area contributed by atoms with Gasteiger partial charge in [-0.3, -0.25) is 4.79 Å². The Balaban J connectivity index is 1.79. The van der Waals surface area contributed by atoms with E-state index in [0.29, 0.717) is 18.0 Å². The van der Waals surface area contributed by atoms with Gasteiger partial charge in [0.25, 0.3) is 0 Å². The lowest BCUT2D eigenvalue weighted by Crippen LogP contribution is -2.11. The SMILES string of the molecule is O=C(Cc1ccccc1)Cn1ccc2ccc(Cl)cc21. The van der Waals surface area contributed by atoms with Gasteiger partial charge in [-0.2, -0.15) is 0 Å². The molecule has 0 radical (unpaired) electrons. The molecule has 0 aliphatic carbocycles. The van der Waals surface area contributed by atoms with E-state index >= 15 is 0 Å². The maximum atomic E-state index is 12.2. The fourth-order valence-electron chi connectivity index (χ4n) is 2.36. The summed E-state index contributed by atoms with van der Waals surface area (Å²) < 4.78 is 1.95. The first-order valence-electron chi connectivity index (χ1n) is 6.52. The summed E-state index contributed by atoms with van der Waals surface area (Å²) in [6.07, 6.45) is 2.39. The van der Waals surface area contributed by atoms with Crippen molar-refractivity contribution in [3.63, 3.8) is 0 Å². The van der Waals surface area contributed by atoms with Crippen LogP contribution in [0.4, 0.5) is 0 Å². The number of ketones is 1. The van der Waals surface area contributed by atoms with Crippen molar-refractivity contribution in [3.05, 3.63) is 71.4 Å². The molecule has 0 bridgehead atoms. The van der Waals surface area contributed by atoms with Gasteiger partial charge in [-0.1, -0.05) is 48.0 Å². The molecule has 0 atom stereocenters. The van der Waals surface area contributed by atoms with Crippen molar-refractivity contribution >= 4 is 28.3 Å². The van der Waals surface area contributed by atoms with E-state index in [1.807, 2.05) is 65.4 Å². The molecule has 0 aliphatic heterocycles. The second-order valence-electron chi connectivity index (χ2n) is 4.85. The molecule has 1 aromatic heterocycles. The van der Waals surface area contributed by atoms with E-state index in [1.54, 1.807) is 0 Å². The fraction of sp³-hybridized carbons (Fsp3) is 0.118. The standard InChI is InChI=1S/C17H14ClNO/c18-15-7-6-14-8-9-19(17(14)11-15)12-16(20)10-13-4-2-1-3-5-13/h1-9,11H,10,12H2. The summed E-state index contributed by atoms with van der Waals surface area (Å²) in [5.41, 5.74) is 2.05. The molecule has 3 rings (SSSR count). The van der Waals surface area contributed by atoms with Crippen LogP contribution >= 0.6 is 11.6 Å².